The molecule has 0 radical (unpaired) electrons. The molecule has 0 spiro atoms. The quantitative estimate of drug-likeness (QED) is 0.368. The molecule has 0 bridgehead atoms. The Kier molecular flexibility index (Phi) is 5.72. The Balaban J connectivity index is 1.52. The number of nitro groups is 1. The Labute approximate surface area is 159 Å². The van der Waals surface area contributed by atoms with E-state index in [1.807, 2.05) is 18.2 Å². The van der Waals surface area contributed by atoms with Gasteiger partial charge < -0.3 is 10.6 Å². The number of benzene rings is 1. The Morgan fingerprint density at radius 2 is 1.96 bits per heavy atom. The summed E-state index contributed by atoms with van der Waals surface area (Å²) in [6.07, 6.45) is 1.69. The van der Waals surface area contributed by atoms with Crippen LogP contribution in [0.15, 0.2) is 48.7 Å². The Hall–Kier alpha value is -3.33. The van der Waals surface area contributed by atoms with Crippen LogP contribution in [0.2, 0.25) is 0 Å². The van der Waals surface area contributed by atoms with E-state index in [-0.39, 0.29) is 11.6 Å². The van der Waals surface area contributed by atoms with Crippen molar-refractivity contribution in [3.63, 3.8) is 0 Å². The van der Waals surface area contributed by atoms with Crippen molar-refractivity contribution in [2.45, 2.75) is 6.92 Å². The summed E-state index contributed by atoms with van der Waals surface area (Å²) in [5, 5.41) is 17.3. The van der Waals surface area contributed by atoms with Crippen molar-refractivity contribution in [3.8, 4) is 10.7 Å². The third-order valence-electron chi connectivity index (χ3n) is 3.70. The zero-order chi connectivity index (χ0) is 19.2. The number of hydrogen-bond acceptors (Lipinski definition) is 7. The predicted molar refractivity (Wildman–Crippen MR) is 104 cm³/mol. The molecule has 3 aromatic rings. The number of rotatable bonds is 7. The first-order valence-corrected chi connectivity index (χ1v) is 9.01. The van der Waals surface area contributed by atoms with E-state index in [1.54, 1.807) is 25.3 Å². The van der Waals surface area contributed by atoms with Crippen LogP contribution < -0.4 is 10.6 Å². The lowest BCUT2D eigenvalue weighted by Crippen LogP contribution is -2.28. The van der Waals surface area contributed by atoms with Gasteiger partial charge in [0, 0.05) is 37.1 Å². The van der Waals surface area contributed by atoms with Gasteiger partial charge in [0.25, 0.3) is 11.6 Å². The van der Waals surface area contributed by atoms with Gasteiger partial charge in [0.2, 0.25) is 0 Å². The summed E-state index contributed by atoms with van der Waals surface area (Å²) in [6, 6.07) is 11.7. The van der Waals surface area contributed by atoms with Crippen LogP contribution in [0.4, 0.5) is 11.4 Å². The zero-order valence-electron chi connectivity index (χ0n) is 14.5. The zero-order valence-corrected chi connectivity index (χ0v) is 15.3. The summed E-state index contributed by atoms with van der Waals surface area (Å²) in [5.74, 6) is -0.183. The monoisotopic (exact) mass is 383 g/mol. The predicted octanol–water partition coefficient (Wildman–Crippen LogP) is 3.26. The maximum Gasteiger partial charge on any atom is 0.269 e. The van der Waals surface area contributed by atoms with Crippen molar-refractivity contribution < 1.29 is 9.72 Å². The van der Waals surface area contributed by atoms with Gasteiger partial charge in [-0.15, -0.1) is 11.3 Å². The van der Waals surface area contributed by atoms with Crippen LogP contribution in [0.1, 0.15) is 15.4 Å². The van der Waals surface area contributed by atoms with E-state index in [4.69, 9.17) is 0 Å². The van der Waals surface area contributed by atoms with E-state index in [9.17, 15) is 14.9 Å². The second kappa shape index (κ2) is 8.37. The molecule has 0 fully saturated rings. The Morgan fingerprint density at radius 1 is 1.19 bits per heavy atom. The molecule has 9 heteroatoms. The van der Waals surface area contributed by atoms with E-state index in [0.29, 0.717) is 28.7 Å². The van der Waals surface area contributed by atoms with E-state index < -0.39 is 4.92 Å². The number of nitrogens with zero attached hydrogens (tertiary/aromatic N) is 3. The highest BCUT2D eigenvalue weighted by atomic mass is 32.1. The lowest BCUT2D eigenvalue weighted by atomic mass is 10.3. The van der Waals surface area contributed by atoms with Gasteiger partial charge in [0.1, 0.15) is 9.88 Å². The minimum absolute atomic E-state index is 0.0400. The van der Waals surface area contributed by atoms with Crippen LogP contribution in [-0.2, 0) is 0 Å². The SMILES string of the molecule is Cc1nc(-c2ccccn2)sc1C(=O)NCCNc1ccc([N+](=O)[O-])cc1. The molecule has 2 aromatic heterocycles. The molecular weight excluding hydrogens is 366 g/mol. The molecule has 1 aromatic carbocycles. The number of carbonyl (C=O) groups is 1. The summed E-state index contributed by atoms with van der Waals surface area (Å²) in [6.45, 7) is 2.70. The molecule has 8 nitrogen and oxygen atoms in total. The fraction of sp³-hybridized carbons (Fsp3) is 0.167. The molecule has 0 atom stereocenters. The number of anilines is 1. The first-order chi connectivity index (χ1) is 13.0. The van der Waals surface area contributed by atoms with Crippen molar-refractivity contribution >= 4 is 28.6 Å². The van der Waals surface area contributed by atoms with Crippen LogP contribution >= 0.6 is 11.3 Å². The van der Waals surface area contributed by atoms with Gasteiger partial charge in [-0.3, -0.25) is 19.9 Å². The van der Waals surface area contributed by atoms with Gasteiger partial charge in [0.15, 0.2) is 0 Å². The van der Waals surface area contributed by atoms with Gasteiger partial charge in [-0.05, 0) is 31.2 Å². The Morgan fingerprint density at radius 3 is 2.63 bits per heavy atom. The molecule has 0 unspecified atom stereocenters. The largest absolute Gasteiger partial charge is 0.383 e. The minimum Gasteiger partial charge on any atom is -0.383 e. The van der Waals surface area contributed by atoms with E-state index in [1.165, 1.54) is 23.5 Å². The number of non-ortho nitro benzene ring substituents is 1. The van der Waals surface area contributed by atoms with E-state index >= 15 is 0 Å². The number of amides is 1. The smallest absolute Gasteiger partial charge is 0.269 e. The third kappa shape index (κ3) is 4.64. The molecule has 0 saturated carbocycles. The second-order valence-corrected chi connectivity index (χ2v) is 6.63. The van der Waals surface area contributed by atoms with Gasteiger partial charge in [0.05, 0.1) is 16.3 Å². The van der Waals surface area contributed by atoms with Crippen molar-refractivity contribution in [2.24, 2.45) is 0 Å². The molecule has 0 aliphatic rings. The first kappa shape index (κ1) is 18.5. The highest BCUT2D eigenvalue weighted by Gasteiger charge is 2.16. The van der Waals surface area contributed by atoms with Crippen LogP contribution in [-0.4, -0.2) is 33.9 Å². The standard InChI is InChI=1S/C18H17N5O3S/c1-12-16(27-18(22-12)15-4-2-3-9-20-15)17(24)21-11-10-19-13-5-7-14(8-6-13)23(25)26/h2-9,19H,10-11H2,1H3,(H,21,24). The van der Waals surface area contributed by atoms with Crippen molar-refractivity contribution in [1.29, 1.82) is 0 Å². The number of thiazole rings is 1. The summed E-state index contributed by atoms with van der Waals surface area (Å²) in [4.78, 5) is 31.8. The average molecular weight is 383 g/mol. The number of aromatic nitrogens is 2. The van der Waals surface area contributed by atoms with Gasteiger partial charge in [-0.1, -0.05) is 6.07 Å². The van der Waals surface area contributed by atoms with Gasteiger partial charge >= 0.3 is 0 Å². The lowest BCUT2D eigenvalue weighted by molar-refractivity contribution is -0.384. The molecule has 138 valence electrons. The van der Waals surface area contributed by atoms with Gasteiger partial charge in [-0.2, -0.15) is 0 Å². The molecule has 0 aliphatic carbocycles. The van der Waals surface area contributed by atoms with Crippen LogP contribution in [0.25, 0.3) is 10.7 Å². The normalized spacial score (nSPS) is 10.4. The maximum atomic E-state index is 12.4. The van der Waals surface area contributed by atoms with Crippen LogP contribution in [0.3, 0.4) is 0 Å². The summed E-state index contributed by atoms with van der Waals surface area (Å²) in [5.41, 5.74) is 2.20. The second-order valence-electron chi connectivity index (χ2n) is 5.64. The molecule has 3 rings (SSSR count). The van der Waals surface area contributed by atoms with Crippen LogP contribution in [0.5, 0.6) is 0 Å². The third-order valence-corrected chi connectivity index (χ3v) is 4.88. The number of pyridine rings is 1. The van der Waals surface area contributed by atoms with Crippen LogP contribution in [0, 0.1) is 17.0 Å². The highest BCUT2D eigenvalue weighted by molar-refractivity contribution is 7.17. The molecule has 1 amide bonds. The fourth-order valence-corrected chi connectivity index (χ4v) is 3.33. The number of aryl methyl sites for hydroxylation is 1. The molecule has 2 N–H and O–H groups in total. The molecule has 0 aliphatic heterocycles. The summed E-state index contributed by atoms with van der Waals surface area (Å²) < 4.78 is 0. The van der Waals surface area contributed by atoms with E-state index in [0.717, 1.165) is 11.4 Å². The maximum absolute atomic E-state index is 12.4. The Bertz CT molecular complexity index is 941. The fourth-order valence-electron chi connectivity index (χ4n) is 2.37. The highest BCUT2D eigenvalue weighted by Crippen LogP contribution is 2.26. The number of carbonyl (C=O) groups excluding carboxylic acids is 1. The minimum atomic E-state index is -0.444. The topological polar surface area (TPSA) is 110 Å². The summed E-state index contributed by atoms with van der Waals surface area (Å²) in [7, 11) is 0. The molecular formula is C18H17N5O3S. The lowest BCUT2D eigenvalue weighted by Gasteiger charge is -2.07. The summed E-state index contributed by atoms with van der Waals surface area (Å²) >= 11 is 1.31. The van der Waals surface area contributed by atoms with Gasteiger partial charge in [-0.25, -0.2) is 4.98 Å². The first-order valence-electron chi connectivity index (χ1n) is 8.20. The molecule has 0 saturated heterocycles. The number of nitro benzene ring substituents is 1. The van der Waals surface area contributed by atoms with Crippen molar-refractivity contribution in [1.82, 2.24) is 15.3 Å². The molecule has 27 heavy (non-hydrogen) atoms. The van der Waals surface area contributed by atoms with Crippen molar-refractivity contribution in [2.75, 3.05) is 18.4 Å². The van der Waals surface area contributed by atoms with Crippen molar-refractivity contribution in [3.05, 3.63) is 69.3 Å². The molecule has 2 heterocycles. The van der Waals surface area contributed by atoms with E-state index in [2.05, 4.69) is 20.6 Å². The number of nitrogens with one attached hydrogen (secondary N) is 2. The average Bonchev–Trinajstić information content (AvgIpc) is 3.08. The number of hydrogen-bond donors (Lipinski definition) is 2.